The Bertz CT molecular complexity index is 1020. The minimum Gasteiger partial charge on any atom is -0.489 e. The van der Waals surface area contributed by atoms with Gasteiger partial charge in [0.05, 0.1) is 6.42 Å². The van der Waals surface area contributed by atoms with Gasteiger partial charge in [-0.05, 0) is 23.3 Å². The number of nitrogens with zero attached hydrogens (tertiary/aromatic N) is 2. The zero-order valence-electron chi connectivity index (χ0n) is 16.8. The van der Waals surface area contributed by atoms with Gasteiger partial charge in [0.2, 0.25) is 11.5 Å². The van der Waals surface area contributed by atoms with Crippen LogP contribution in [0.1, 0.15) is 23.4 Å². The van der Waals surface area contributed by atoms with Gasteiger partial charge in [-0.25, -0.2) is 4.98 Å². The third-order valence-corrected chi connectivity index (χ3v) is 4.71. The molecule has 0 radical (unpaired) electrons. The molecule has 1 amide bonds. The van der Waals surface area contributed by atoms with E-state index in [1.165, 1.54) is 13.2 Å². The summed E-state index contributed by atoms with van der Waals surface area (Å²) in [5.74, 6) is -1.04. The lowest BCUT2D eigenvalue weighted by atomic mass is 9.97. The number of alkyl halides is 3. The number of aromatic nitrogens is 2. The van der Waals surface area contributed by atoms with Crippen molar-refractivity contribution in [3.8, 4) is 5.75 Å². The molecule has 0 saturated carbocycles. The lowest BCUT2D eigenvalue weighted by Gasteiger charge is -2.29. The number of ether oxygens (including phenoxy) is 1. The Kier molecular flexibility index (Phi) is 6.65. The van der Waals surface area contributed by atoms with Crippen LogP contribution < -0.4 is 10.1 Å². The van der Waals surface area contributed by atoms with E-state index in [0.29, 0.717) is 17.9 Å². The van der Waals surface area contributed by atoms with Gasteiger partial charge < -0.3 is 19.7 Å². The first kappa shape index (κ1) is 22.4. The van der Waals surface area contributed by atoms with E-state index in [0.717, 1.165) is 16.3 Å². The molecular weight excluding hydrogens is 411 g/mol. The minimum atomic E-state index is -5.07. The van der Waals surface area contributed by atoms with E-state index in [9.17, 15) is 23.1 Å². The number of rotatable bonds is 8. The zero-order chi connectivity index (χ0) is 22.5. The number of carbonyl (C=O) groups is 1. The molecule has 0 spiro atoms. The molecule has 164 valence electrons. The number of benzene rings is 2. The van der Waals surface area contributed by atoms with Gasteiger partial charge in [-0.3, -0.25) is 4.79 Å². The van der Waals surface area contributed by atoms with Gasteiger partial charge in [-0.15, -0.1) is 0 Å². The summed E-state index contributed by atoms with van der Waals surface area (Å²) in [7, 11) is 1.32. The first-order chi connectivity index (χ1) is 14.7. The second-order valence-electron chi connectivity index (χ2n) is 7.09. The molecule has 1 aromatic heterocycles. The summed E-state index contributed by atoms with van der Waals surface area (Å²) in [6.07, 6.45) is -3.88. The Labute approximate surface area is 177 Å². The SMILES string of the molecule is Cn1ccnc1C(O)(CC(=O)NCc1cccc(OCc2ccccc2)c1)C(F)(F)F. The summed E-state index contributed by atoms with van der Waals surface area (Å²) in [6.45, 7) is 0.342. The number of aryl methyl sites for hydroxylation is 1. The fourth-order valence-electron chi connectivity index (χ4n) is 3.05. The molecule has 9 heteroatoms. The Balaban J connectivity index is 1.61. The molecule has 1 atom stereocenters. The number of carbonyl (C=O) groups excluding carboxylic acids is 1. The summed E-state index contributed by atoms with van der Waals surface area (Å²) < 4.78 is 47.4. The molecule has 2 N–H and O–H groups in total. The molecule has 0 aliphatic carbocycles. The van der Waals surface area contributed by atoms with Crippen molar-refractivity contribution in [3.63, 3.8) is 0 Å². The molecule has 1 heterocycles. The highest BCUT2D eigenvalue weighted by Crippen LogP contribution is 2.40. The molecule has 3 rings (SSSR count). The molecule has 31 heavy (non-hydrogen) atoms. The monoisotopic (exact) mass is 433 g/mol. The Morgan fingerprint density at radius 2 is 1.84 bits per heavy atom. The fraction of sp³-hybridized carbons (Fsp3) is 0.273. The van der Waals surface area contributed by atoms with Crippen molar-refractivity contribution in [1.29, 1.82) is 0 Å². The summed E-state index contributed by atoms with van der Waals surface area (Å²) in [5, 5.41) is 12.7. The lowest BCUT2D eigenvalue weighted by molar-refractivity contribution is -0.271. The van der Waals surface area contributed by atoms with E-state index in [2.05, 4.69) is 10.3 Å². The third kappa shape index (κ3) is 5.43. The maximum absolute atomic E-state index is 13.5. The first-order valence-electron chi connectivity index (χ1n) is 9.48. The van der Waals surface area contributed by atoms with E-state index in [4.69, 9.17) is 4.74 Å². The van der Waals surface area contributed by atoms with Crippen LogP contribution in [0.15, 0.2) is 67.0 Å². The van der Waals surface area contributed by atoms with Crippen molar-refractivity contribution < 1.29 is 27.8 Å². The minimum absolute atomic E-state index is 0.0180. The number of hydrogen-bond acceptors (Lipinski definition) is 4. The van der Waals surface area contributed by atoms with Crippen LogP contribution in [0.2, 0.25) is 0 Å². The van der Waals surface area contributed by atoms with Crippen LogP contribution in [0.4, 0.5) is 13.2 Å². The van der Waals surface area contributed by atoms with Crippen LogP contribution in [0.5, 0.6) is 5.75 Å². The maximum atomic E-state index is 13.5. The van der Waals surface area contributed by atoms with Gasteiger partial charge in [0, 0.05) is 26.0 Å². The first-order valence-corrected chi connectivity index (χ1v) is 9.48. The molecule has 1 unspecified atom stereocenters. The van der Waals surface area contributed by atoms with Gasteiger partial charge in [0.1, 0.15) is 12.4 Å². The van der Waals surface area contributed by atoms with E-state index < -0.39 is 29.9 Å². The van der Waals surface area contributed by atoms with Crippen molar-refractivity contribution in [2.24, 2.45) is 7.05 Å². The molecule has 0 saturated heterocycles. The topological polar surface area (TPSA) is 76.4 Å². The van der Waals surface area contributed by atoms with Crippen LogP contribution in [0.25, 0.3) is 0 Å². The molecule has 3 aromatic rings. The Hall–Kier alpha value is -3.33. The Morgan fingerprint density at radius 3 is 2.48 bits per heavy atom. The summed E-state index contributed by atoms with van der Waals surface area (Å²) in [4.78, 5) is 15.8. The van der Waals surface area contributed by atoms with Gasteiger partial charge >= 0.3 is 6.18 Å². The lowest BCUT2D eigenvalue weighted by Crippen LogP contribution is -2.47. The molecule has 0 aliphatic rings. The summed E-state index contributed by atoms with van der Waals surface area (Å²) in [6, 6.07) is 16.4. The van der Waals surface area contributed by atoms with Crippen LogP contribution in [0.3, 0.4) is 0 Å². The number of hydrogen-bond donors (Lipinski definition) is 2. The quantitative estimate of drug-likeness (QED) is 0.571. The van der Waals surface area contributed by atoms with Gasteiger partial charge in [0.25, 0.3) is 0 Å². The highest BCUT2D eigenvalue weighted by Gasteiger charge is 2.58. The highest BCUT2D eigenvalue weighted by molar-refractivity contribution is 5.77. The van der Waals surface area contributed by atoms with Gasteiger partial charge in [-0.1, -0.05) is 42.5 Å². The van der Waals surface area contributed by atoms with Crippen molar-refractivity contribution in [1.82, 2.24) is 14.9 Å². The predicted octanol–water partition coefficient (Wildman–Crippen LogP) is 3.46. The average Bonchev–Trinajstić information content (AvgIpc) is 3.17. The van der Waals surface area contributed by atoms with Crippen molar-refractivity contribution in [2.45, 2.75) is 31.3 Å². The number of amides is 1. The van der Waals surface area contributed by atoms with Crippen LogP contribution in [-0.4, -0.2) is 26.7 Å². The smallest absolute Gasteiger partial charge is 0.425 e. The summed E-state index contributed by atoms with van der Waals surface area (Å²) in [5.41, 5.74) is -1.76. The Morgan fingerprint density at radius 1 is 1.13 bits per heavy atom. The van der Waals surface area contributed by atoms with Gasteiger partial charge in [0.15, 0.2) is 5.82 Å². The number of halogens is 3. The molecule has 0 aliphatic heterocycles. The number of aliphatic hydroxyl groups is 1. The number of nitrogens with one attached hydrogen (secondary N) is 1. The van der Waals surface area contributed by atoms with Gasteiger partial charge in [-0.2, -0.15) is 13.2 Å². The van der Waals surface area contributed by atoms with Crippen LogP contribution in [0, 0.1) is 0 Å². The predicted molar refractivity (Wildman–Crippen MR) is 107 cm³/mol. The van der Waals surface area contributed by atoms with E-state index in [-0.39, 0.29) is 6.54 Å². The van der Waals surface area contributed by atoms with E-state index >= 15 is 0 Å². The second kappa shape index (κ2) is 9.22. The van der Waals surface area contributed by atoms with Crippen molar-refractivity contribution in [2.75, 3.05) is 0 Å². The molecule has 0 fully saturated rings. The third-order valence-electron chi connectivity index (χ3n) is 4.71. The molecule has 0 bridgehead atoms. The normalized spacial score (nSPS) is 13.5. The molecular formula is C22H22F3N3O3. The van der Waals surface area contributed by atoms with Crippen molar-refractivity contribution in [3.05, 3.63) is 83.9 Å². The fourth-order valence-corrected chi connectivity index (χ4v) is 3.05. The highest BCUT2D eigenvalue weighted by atomic mass is 19.4. The average molecular weight is 433 g/mol. The van der Waals surface area contributed by atoms with E-state index in [1.54, 1.807) is 24.3 Å². The van der Waals surface area contributed by atoms with E-state index in [1.807, 2.05) is 30.3 Å². The standard InChI is InChI=1S/C22H22F3N3O3/c1-28-11-10-26-20(28)21(30,22(23,24)25)13-19(29)27-14-17-8-5-9-18(12-17)31-15-16-6-3-2-4-7-16/h2-12,30H,13-15H2,1H3,(H,27,29). The molecule has 2 aromatic carbocycles. The van der Waals surface area contributed by atoms with Crippen molar-refractivity contribution >= 4 is 5.91 Å². The summed E-state index contributed by atoms with van der Waals surface area (Å²) >= 11 is 0. The number of imidazole rings is 1. The van der Waals surface area contributed by atoms with Crippen LogP contribution in [-0.2, 0) is 30.6 Å². The molecule has 6 nitrogen and oxygen atoms in total. The second-order valence-corrected chi connectivity index (χ2v) is 7.09. The van der Waals surface area contributed by atoms with Crippen LogP contribution >= 0.6 is 0 Å². The zero-order valence-corrected chi connectivity index (χ0v) is 16.8. The maximum Gasteiger partial charge on any atom is 0.425 e. The largest absolute Gasteiger partial charge is 0.489 e.